The first-order valence-corrected chi connectivity index (χ1v) is 4.72. The Morgan fingerprint density at radius 3 is 1.91 bits per heavy atom. The summed E-state index contributed by atoms with van der Waals surface area (Å²) in [4.78, 5) is 0. The third-order valence-corrected chi connectivity index (χ3v) is 3.03. The van der Waals surface area contributed by atoms with Gasteiger partial charge in [-0.2, -0.15) is 0 Å². The van der Waals surface area contributed by atoms with Crippen LogP contribution in [-0.2, 0) is 0 Å². The molecule has 0 heterocycles. The van der Waals surface area contributed by atoms with Gasteiger partial charge >= 0.3 is 0 Å². The van der Waals surface area contributed by atoms with E-state index < -0.39 is 0 Å². The Hall–Kier alpha value is -0.260. The quantitative estimate of drug-likeness (QED) is 0.462. The predicted octanol–water partition coefficient (Wildman–Crippen LogP) is 4.02. The summed E-state index contributed by atoms with van der Waals surface area (Å²) >= 11 is 0. The fourth-order valence-electron chi connectivity index (χ4n) is 1.30. The summed E-state index contributed by atoms with van der Waals surface area (Å²) in [7, 11) is 0. The van der Waals surface area contributed by atoms with Crippen LogP contribution in [0.25, 0.3) is 0 Å². The largest absolute Gasteiger partial charge is 0.0848 e. The minimum Gasteiger partial charge on any atom is -0.0848 e. The number of allylic oxidation sites excluding steroid dienone is 2. The molecule has 0 spiro atoms. The lowest BCUT2D eigenvalue weighted by molar-refractivity contribution is 0.317. The van der Waals surface area contributed by atoms with Crippen LogP contribution in [-0.4, -0.2) is 0 Å². The van der Waals surface area contributed by atoms with Gasteiger partial charge in [-0.05, 0) is 24.7 Å². The highest BCUT2D eigenvalue weighted by molar-refractivity contribution is 5.17. The maximum Gasteiger partial charge on any atom is -0.0119 e. The summed E-state index contributed by atoms with van der Waals surface area (Å²) in [5, 5.41) is 0. The Balaban J connectivity index is 0.000000461. The lowest BCUT2D eigenvalue weighted by atomic mass is 9.79. The van der Waals surface area contributed by atoms with Gasteiger partial charge in [0.15, 0.2) is 0 Å². The van der Waals surface area contributed by atoms with E-state index in [1.165, 1.54) is 6.42 Å². The van der Waals surface area contributed by atoms with E-state index in [9.17, 15) is 0 Å². The zero-order valence-corrected chi connectivity index (χ0v) is 8.86. The third kappa shape index (κ3) is 2.08. The first-order valence-electron chi connectivity index (χ1n) is 4.72. The lowest BCUT2D eigenvalue weighted by Gasteiger charge is -2.26. The van der Waals surface area contributed by atoms with Crippen molar-refractivity contribution in [1.82, 2.24) is 0 Å². The monoisotopic (exact) mass is 154 g/mol. The van der Waals surface area contributed by atoms with Crippen molar-refractivity contribution < 1.29 is 0 Å². The Bertz CT molecular complexity index is 140. The zero-order valence-electron chi connectivity index (χ0n) is 8.86. The van der Waals surface area contributed by atoms with Crippen molar-refractivity contribution in [1.29, 1.82) is 0 Å². The minimum absolute atomic E-state index is 0.472. The van der Waals surface area contributed by atoms with E-state index in [2.05, 4.69) is 33.8 Å². The smallest absolute Gasteiger partial charge is 0.0119 e. The van der Waals surface area contributed by atoms with Gasteiger partial charge in [-0.25, -0.2) is 0 Å². The van der Waals surface area contributed by atoms with Crippen LogP contribution in [0.3, 0.4) is 0 Å². The molecule has 1 aliphatic carbocycles. The topological polar surface area (TPSA) is 0 Å². The Morgan fingerprint density at radius 2 is 1.82 bits per heavy atom. The van der Waals surface area contributed by atoms with Gasteiger partial charge in [-0.3, -0.25) is 0 Å². The lowest BCUT2D eigenvalue weighted by Crippen LogP contribution is -2.16. The van der Waals surface area contributed by atoms with Gasteiger partial charge in [-0.15, -0.1) is 0 Å². The molecule has 1 unspecified atom stereocenters. The molecule has 0 aromatic rings. The second kappa shape index (κ2) is 3.94. The van der Waals surface area contributed by atoms with Crippen LogP contribution in [0.1, 0.15) is 48.0 Å². The molecule has 0 fully saturated rings. The molecule has 1 rings (SSSR count). The van der Waals surface area contributed by atoms with Gasteiger partial charge < -0.3 is 0 Å². The fourth-order valence-corrected chi connectivity index (χ4v) is 1.30. The number of hydrogen-bond donors (Lipinski definition) is 0. The van der Waals surface area contributed by atoms with Crippen LogP contribution < -0.4 is 0 Å². The van der Waals surface area contributed by atoms with E-state index in [-0.39, 0.29) is 0 Å². The van der Waals surface area contributed by atoms with Crippen LogP contribution in [0, 0.1) is 11.3 Å². The van der Waals surface area contributed by atoms with Crippen LogP contribution in [0.4, 0.5) is 0 Å². The summed E-state index contributed by atoms with van der Waals surface area (Å²) < 4.78 is 0. The average Bonchev–Trinajstić information content (AvgIpc) is 2.21. The van der Waals surface area contributed by atoms with Crippen molar-refractivity contribution in [2.45, 2.75) is 48.0 Å². The maximum absolute atomic E-state index is 2.37. The molecule has 66 valence electrons. The Kier molecular flexibility index (Phi) is 3.85. The van der Waals surface area contributed by atoms with Gasteiger partial charge in [-0.1, -0.05) is 46.3 Å². The molecule has 0 aromatic heterocycles. The number of hydrogen-bond acceptors (Lipinski definition) is 0. The summed E-state index contributed by atoms with van der Waals surface area (Å²) in [6.07, 6.45) is 3.64. The van der Waals surface area contributed by atoms with Gasteiger partial charge in [0.05, 0.1) is 0 Å². The molecule has 0 aliphatic heterocycles. The van der Waals surface area contributed by atoms with Gasteiger partial charge in [0.25, 0.3) is 0 Å². The molecule has 0 radical (unpaired) electrons. The SMILES string of the molecule is CC.CC1=CCC(C)C1(C)C. The van der Waals surface area contributed by atoms with Crippen molar-refractivity contribution in [3.63, 3.8) is 0 Å². The normalized spacial score (nSPS) is 27.1. The minimum atomic E-state index is 0.472. The van der Waals surface area contributed by atoms with Crippen molar-refractivity contribution >= 4 is 0 Å². The number of rotatable bonds is 0. The highest BCUT2D eigenvalue weighted by Gasteiger charge is 2.30. The first-order chi connectivity index (χ1) is 5.05. The Morgan fingerprint density at radius 1 is 1.36 bits per heavy atom. The van der Waals surface area contributed by atoms with E-state index in [1.807, 2.05) is 13.8 Å². The molecule has 0 heteroatoms. The molecular weight excluding hydrogens is 132 g/mol. The van der Waals surface area contributed by atoms with Gasteiger partial charge in [0, 0.05) is 0 Å². The van der Waals surface area contributed by atoms with Crippen LogP contribution >= 0.6 is 0 Å². The predicted molar refractivity (Wildman–Crippen MR) is 52.7 cm³/mol. The molecular formula is C11H22. The van der Waals surface area contributed by atoms with E-state index in [0.29, 0.717) is 5.41 Å². The summed E-state index contributed by atoms with van der Waals surface area (Å²) in [6, 6.07) is 0. The molecule has 0 nitrogen and oxygen atoms in total. The van der Waals surface area contributed by atoms with Crippen LogP contribution in [0.2, 0.25) is 0 Å². The Labute approximate surface area is 71.7 Å². The van der Waals surface area contributed by atoms with E-state index >= 15 is 0 Å². The second-order valence-electron chi connectivity index (χ2n) is 3.75. The summed E-state index contributed by atoms with van der Waals surface area (Å²) in [6.45, 7) is 13.2. The highest BCUT2D eigenvalue weighted by Crippen LogP contribution is 2.42. The van der Waals surface area contributed by atoms with Crippen molar-refractivity contribution in [2.75, 3.05) is 0 Å². The molecule has 0 saturated carbocycles. The highest BCUT2D eigenvalue weighted by atomic mass is 14.4. The molecule has 0 bridgehead atoms. The molecule has 11 heavy (non-hydrogen) atoms. The van der Waals surface area contributed by atoms with E-state index in [0.717, 1.165) is 5.92 Å². The van der Waals surface area contributed by atoms with Crippen LogP contribution in [0.5, 0.6) is 0 Å². The van der Waals surface area contributed by atoms with Gasteiger partial charge in [0.1, 0.15) is 0 Å². The second-order valence-corrected chi connectivity index (χ2v) is 3.75. The molecule has 1 aliphatic rings. The standard InChI is InChI=1S/C9H16.C2H6/c1-7-5-6-8(2)9(7,3)4;1-2/h5,8H,6H2,1-4H3;1-2H3. The van der Waals surface area contributed by atoms with Gasteiger partial charge in [0.2, 0.25) is 0 Å². The molecule has 0 saturated heterocycles. The molecule has 0 amide bonds. The van der Waals surface area contributed by atoms with Crippen LogP contribution in [0.15, 0.2) is 11.6 Å². The molecule has 0 N–H and O–H groups in total. The maximum atomic E-state index is 2.37. The van der Waals surface area contributed by atoms with Crippen molar-refractivity contribution in [3.8, 4) is 0 Å². The average molecular weight is 154 g/mol. The first kappa shape index (κ1) is 10.7. The van der Waals surface area contributed by atoms with Crippen molar-refractivity contribution in [2.24, 2.45) is 11.3 Å². The molecule has 1 atom stereocenters. The summed E-state index contributed by atoms with van der Waals surface area (Å²) in [5.74, 6) is 0.845. The van der Waals surface area contributed by atoms with E-state index in [1.54, 1.807) is 5.57 Å². The summed E-state index contributed by atoms with van der Waals surface area (Å²) in [5.41, 5.74) is 2.04. The third-order valence-electron chi connectivity index (χ3n) is 3.03. The zero-order chi connectivity index (χ0) is 9.07. The van der Waals surface area contributed by atoms with Crippen molar-refractivity contribution in [3.05, 3.63) is 11.6 Å². The molecule has 0 aromatic carbocycles. The van der Waals surface area contributed by atoms with E-state index in [4.69, 9.17) is 0 Å². The fraction of sp³-hybridized carbons (Fsp3) is 0.818.